The summed E-state index contributed by atoms with van der Waals surface area (Å²) in [4.78, 5) is 0. The van der Waals surface area contributed by atoms with Gasteiger partial charge in [0.05, 0.1) is 11.7 Å². The Kier molecular flexibility index (Phi) is 2.36. The van der Waals surface area contributed by atoms with Crippen molar-refractivity contribution in [1.29, 1.82) is 0 Å². The third-order valence-corrected chi connectivity index (χ3v) is 3.65. The summed E-state index contributed by atoms with van der Waals surface area (Å²) in [5, 5.41) is 20.4. The minimum atomic E-state index is -0.817. The normalized spacial score (nSPS) is 21.1. The van der Waals surface area contributed by atoms with Crippen molar-refractivity contribution < 1.29 is 10.2 Å². The lowest BCUT2D eigenvalue weighted by Crippen LogP contribution is -2.37. The van der Waals surface area contributed by atoms with Crippen LogP contribution in [0.3, 0.4) is 0 Å². The zero-order valence-corrected chi connectivity index (χ0v) is 9.27. The maximum atomic E-state index is 10.3. The highest BCUT2D eigenvalue weighted by atomic mass is 16.3. The lowest BCUT2D eigenvalue weighted by atomic mass is 9.80. The Morgan fingerprint density at radius 2 is 1.73 bits per heavy atom. The van der Waals surface area contributed by atoms with Gasteiger partial charge in [-0.2, -0.15) is 0 Å². The van der Waals surface area contributed by atoms with E-state index >= 15 is 0 Å². The SMILES string of the molecule is CC(C)(O)C1(C(O)c2ccccc2)CC1. The van der Waals surface area contributed by atoms with Gasteiger partial charge in [-0.15, -0.1) is 0 Å². The molecule has 0 aromatic heterocycles. The lowest BCUT2D eigenvalue weighted by molar-refractivity contribution is -0.0658. The van der Waals surface area contributed by atoms with Crippen LogP contribution in [0.1, 0.15) is 38.4 Å². The van der Waals surface area contributed by atoms with Gasteiger partial charge in [0.15, 0.2) is 0 Å². The number of hydrogen-bond donors (Lipinski definition) is 2. The van der Waals surface area contributed by atoms with Gasteiger partial charge in [-0.1, -0.05) is 30.3 Å². The van der Waals surface area contributed by atoms with Crippen LogP contribution in [-0.4, -0.2) is 15.8 Å². The van der Waals surface area contributed by atoms with Crippen molar-refractivity contribution in [3.05, 3.63) is 35.9 Å². The molecule has 1 unspecified atom stereocenters. The van der Waals surface area contributed by atoms with E-state index in [1.54, 1.807) is 13.8 Å². The third kappa shape index (κ3) is 1.68. The van der Waals surface area contributed by atoms with Crippen LogP contribution in [0.5, 0.6) is 0 Å². The highest BCUT2D eigenvalue weighted by Crippen LogP contribution is 2.61. The van der Waals surface area contributed by atoms with Crippen LogP contribution in [0.25, 0.3) is 0 Å². The van der Waals surface area contributed by atoms with E-state index in [9.17, 15) is 10.2 Å². The van der Waals surface area contributed by atoms with E-state index in [4.69, 9.17) is 0 Å². The Morgan fingerprint density at radius 1 is 1.20 bits per heavy atom. The maximum Gasteiger partial charge on any atom is 0.0873 e. The second-order valence-corrected chi connectivity index (χ2v) is 5.03. The summed E-state index contributed by atoms with van der Waals surface area (Å²) in [6.45, 7) is 3.57. The summed E-state index contributed by atoms with van der Waals surface area (Å²) in [7, 11) is 0. The summed E-state index contributed by atoms with van der Waals surface area (Å²) < 4.78 is 0. The van der Waals surface area contributed by atoms with Gasteiger partial charge in [0.25, 0.3) is 0 Å². The number of aliphatic hydroxyl groups is 2. The second-order valence-electron chi connectivity index (χ2n) is 5.03. The van der Waals surface area contributed by atoms with Gasteiger partial charge in [-0.25, -0.2) is 0 Å². The van der Waals surface area contributed by atoms with E-state index < -0.39 is 11.7 Å². The fraction of sp³-hybridized carbons (Fsp3) is 0.538. The minimum absolute atomic E-state index is 0.339. The van der Waals surface area contributed by atoms with Crippen LogP contribution in [0.15, 0.2) is 30.3 Å². The molecule has 1 aromatic rings. The first-order valence-corrected chi connectivity index (χ1v) is 5.43. The van der Waals surface area contributed by atoms with Gasteiger partial charge < -0.3 is 10.2 Å². The molecular weight excluding hydrogens is 188 g/mol. The molecule has 82 valence electrons. The molecule has 0 amide bonds. The zero-order chi connectivity index (χ0) is 11.1. The highest BCUT2D eigenvalue weighted by molar-refractivity contribution is 5.24. The van der Waals surface area contributed by atoms with Gasteiger partial charge in [0.1, 0.15) is 0 Å². The molecule has 2 heteroatoms. The molecule has 0 heterocycles. The molecule has 0 radical (unpaired) electrons. The summed E-state index contributed by atoms with van der Waals surface area (Å²) in [6.07, 6.45) is 1.23. The van der Waals surface area contributed by atoms with Crippen molar-refractivity contribution in [2.75, 3.05) is 0 Å². The molecule has 0 spiro atoms. The van der Waals surface area contributed by atoms with Gasteiger partial charge in [-0.3, -0.25) is 0 Å². The second kappa shape index (κ2) is 3.32. The highest BCUT2D eigenvalue weighted by Gasteiger charge is 2.58. The van der Waals surface area contributed by atoms with Gasteiger partial charge in [-0.05, 0) is 32.3 Å². The number of aliphatic hydroxyl groups excluding tert-OH is 1. The van der Waals surface area contributed by atoms with Gasteiger partial charge in [0, 0.05) is 5.41 Å². The molecule has 1 aliphatic carbocycles. The molecule has 1 fully saturated rings. The van der Waals surface area contributed by atoms with E-state index in [1.807, 2.05) is 30.3 Å². The van der Waals surface area contributed by atoms with Crippen molar-refractivity contribution in [1.82, 2.24) is 0 Å². The lowest BCUT2D eigenvalue weighted by Gasteiger charge is -2.33. The van der Waals surface area contributed by atoms with Gasteiger partial charge >= 0.3 is 0 Å². The Bertz CT molecular complexity index is 333. The smallest absolute Gasteiger partial charge is 0.0873 e. The van der Waals surface area contributed by atoms with Crippen molar-refractivity contribution in [2.45, 2.75) is 38.4 Å². The molecule has 1 aliphatic rings. The monoisotopic (exact) mass is 206 g/mol. The molecule has 1 saturated carbocycles. The first-order valence-electron chi connectivity index (χ1n) is 5.43. The molecule has 2 nitrogen and oxygen atoms in total. The first kappa shape index (κ1) is 10.7. The minimum Gasteiger partial charge on any atom is -0.390 e. The average Bonchev–Trinajstić information content (AvgIpc) is 2.98. The van der Waals surface area contributed by atoms with Crippen molar-refractivity contribution in [3.63, 3.8) is 0 Å². The molecule has 0 saturated heterocycles. The largest absolute Gasteiger partial charge is 0.390 e. The quantitative estimate of drug-likeness (QED) is 0.796. The Hall–Kier alpha value is -0.860. The molecule has 0 bridgehead atoms. The van der Waals surface area contributed by atoms with Crippen molar-refractivity contribution in [2.24, 2.45) is 5.41 Å². The standard InChI is InChI=1S/C13H18O2/c1-12(2,15)13(8-9-13)11(14)10-6-4-3-5-7-10/h3-7,11,14-15H,8-9H2,1-2H3. The van der Waals surface area contributed by atoms with Crippen LogP contribution in [0.4, 0.5) is 0 Å². The van der Waals surface area contributed by atoms with E-state index in [2.05, 4.69) is 0 Å². The van der Waals surface area contributed by atoms with E-state index in [1.165, 1.54) is 0 Å². The van der Waals surface area contributed by atoms with Crippen molar-refractivity contribution in [3.8, 4) is 0 Å². The Labute approximate surface area is 90.6 Å². The first-order chi connectivity index (χ1) is 6.97. The summed E-state index contributed by atoms with van der Waals surface area (Å²) in [5.74, 6) is 0. The van der Waals surface area contributed by atoms with Gasteiger partial charge in [0.2, 0.25) is 0 Å². The Morgan fingerprint density at radius 3 is 2.13 bits per heavy atom. The average molecular weight is 206 g/mol. The van der Waals surface area contributed by atoms with Crippen LogP contribution < -0.4 is 0 Å². The molecule has 0 aliphatic heterocycles. The van der Waals surface area contributed by atoms with Crippen LogP contribution in [-0.2, 0) is 0 Å². The zero-order valence-electron chi connectivity index (χ0n) is 9.27. The fourth-order valence-corrected chi connectivity index (χ4v) is 2.31. The number of hydrogen-bond acceptors (Lipinski definition) is 2. The number of rotatable bonds is 3. The Balaban J connectivity index is 2.26. The van der Waals surface area contributed by atoms with Crippen molar-refractivity contribution >= 4 is 0 Å². The molecule has 1 aromatic carbocycles. The predicted molar refractivity (Wildman–Crippen MR) is 59.4 cm³/mol. The topological polar surface area (TPSA) is 40.5 Å². The summed E-state index contributed by atoms with van der Waals surface area (Å²) in [6, 6.07) is 9.59. The molecule has 2 rings (SSSR count). The van der Waals surface area contributed by atoms with Crippen LogP contribution in [0.2, 0.25) is 0 Å². The maximum absolute atomic E-state index is 10.3. The van der Waals surface area contributed by atoms with Crippen LogP contribution >= 0.6 is 0 Å². The summed E-state index contributed by atoms with van der Waals surface area (Å²) in [5.41, 5.74) is -0.256. The fourth-order valence-electron chi connectivity index (χ4n) is 2.31. The van der Waals surface area contributed by atoms with E-state index in [0.717, 1.165) is 18.4 Å². The molecule has 2 N–H and O–H groups in total. The van der Waals surface area contributed by atoms with Crippen LogP contribution in [0, 0.1) is 5.41 Å². The molecular formula is C13H18O2. The third-order valence-electron chi connectivity index (χ3n) is 3.65. The predicted octanol–water partition coefficient (Wildman–Crippen LogP) is 2.27. The number of benzene rings is 1. The summed E-state index contributed by atoms with van der Waals surface area (Å²) >= 11 is 0. The molecule has 1 atom stereocenters. The van der Waals surface area contributed by atoms with E-state index in [-0.39, 0.29) is 5.41 Å². The molecule has 15 heavy (non-hydrogen) atoms. The van der Waals surface area contributed by atoms with E-state index in [0.29, 0.717) is 0 Å².